The lowest BCUT2D eigenvalue weighted by Gasteiger charge is -2.02. The third-order valence-electron chi connectivity index (χ3n) is 1.68. The maximum atomic E-state index is 11.6. The van der Waals surface area contributed by atoms with Gasteiger partial charge >= 0.3 is 0 Å². The number of carbonyl (C=O) groups excluding carboxylic acids is 1. The Balaban J connectivity index is 2.32. The number of halogens is 1. The topological polar surface area (TPSA) is 38.3 Å². The van der Waals surface area contributed by atoms with Gasteiger partial charge in [0.2, 0.25) is 0 Å². The molecule has 0 spiro atoms. The largest absolute Gasteiger partial charge is 0.383 e. The highest BCUT2D eigenvalue weighted by Gasteiger charge is 2.09. The lowest BCUT2D eigenvalue weighted by atomic mass is 10.2. The monoisotopic (exact) mass is 277 g/mol. The molecular weight excluding hydrogens is 266 g/mol. The van der Waals surface area contributed by atoms with Gasteiger partial charge in [0, 0.05) is 34.5 Å². The van der Waals surface area contributed by atoms with Gasteiger partial charge in [0.15, 0.2) is 5.78 Å². The average Bonchev–Trinajstić information content (AvgIpc) is 2.59. The second kappa shape index (κ2) is 6.29. The van der Waals surface area contributed by atoms with E-state index in [0.717, 1.165) is 10.0 Å². The van der Waals surface area contributed by atoms with Crippen LogP contribution in [0.3, 0.4) is 0 Å². The van der Waals surface area contributed by atoms with E-state index in [1.165, 1.54) is 11.3 Å². The molecular formula is C9H12BrNO2S. The van der Waals surface area contributed by atoms with Gasteiger partial charge in [0.1, 0.15) is 0 Å². The van der Waals surface area contributed by atoms with Crippen molar-refractivity contribution in [3.05, 3.63) is 20.8 Å². The van der Waals surface area contributed by atoms with Gasteiger partial charge in [0.25, 0.3) is 0 Å². The maximum absolute atomic E-state index is 11.6. The summed E-state index contributed by atoms with van der Waals surface area (Å²) < 4.78 is 5.73. The van der Waals surface area contributed by atoms with E-state index in [4.69, 9.17) is 4.74 Å². The number of ketones is 1. The molecule has 0 aromatic carbocycles. The zero-order valence-electron chi connectivity index (χ0n) is 7.88. The predicted octanol–water partition coefficient (Wildman–Crippen LogP) is 1.93. The molecule has 0 aliphatic rings. The molecule has 14 heavy (non-hydrogen) atoms. The first kappa shape index (κ1) is 11.8. The van der Waals surface area contributed by atoms with Crippen LogP contribution in [0, 0.1) is 0 Å². The normalized spacial score (nSPS) is 10.4. The summed E-state index contributed by atoms with van der Waals surface area (Å²) in [5, 5.41) is 6.77. The first-order valence-corrected chi connectivity index (χ1v) is 5.94. The fourth-order valence-electron chi connectivity index (χ4n) is 0.952. The Morgan fingerprint density at radius 3 is 3.00 bits per heavy atom. The molecule has 3 nitrogen and oxygen atoms in total. The van der Waals surface area contributed by atoms with Gasteiger partial charge in [-0.1, -0.05) is 0 Å². The second-order valence-electron chi connectivity index (χ2n) is 2.73. The Hall–Kier alpha value is -0.230. The number of rotatable bonds is 6. The third kappa shape index (κ3) is 3.49. The summed E-state index contributed by atoms with van der Waals surface area (Å²) in [5.74, 6) is 0.106. The number of hydrogen-bond donors (Lipinski definition) is 1. The number of hydrogen-bond acceptors (Lipinski definition) is 4. The van der Waals surface area contributed by atoms with Crippen molar-refractivity contribution in [2.45, 2.75) is 0 Å². The Labute approximate surface area is 95.6 Å². The first-order valence-electron chi connectivity index (χ1n) is 4.20. The zero-order valence-corrected chi connectivity index (χ0v) is 10.3. The molecule has 5 heteroatoms. The standard InChI is InChI=1S/C9H12BrNO2S/c1-13-3-2-11-4-9(12)7-5-14-6-8(7)10/h5-6,11H,2-4H2,1H3. The van der Waals surface area contributed by atoms with Crippen molar-refractivity contribution in [1.82, 2.24) is 5.32 Å². The van der Waals surface area contributed by atoms with E-state index >= 15 is 0 Å². The quantitative estimate of drug-likeness (QED) is 0.638. The molecule has 0 unspecified atom stereocenters. The van der Waals surface area contributed by atoms with Gasteiger partial charge in [0.05, 0.1) is 13.2 Å². The molecule has 1 N–H and O–H groups in total. The van der Waals surface area contributed by atoms with Crippen LogP contribution in [0.15, 0.2) is 15.2 Å². The minimum atomic E-state index is 0.106. The lowest BCUT2D eigenvalue weighted by molar-refractivity contribution is 0.0987. The van der Waals surface area contributed by atoms with Crippen molar-refractivity contribution in [3.63, 3.8) is 0 Å². The van der Waals surface area contributed by atoms with Gasteiger partial charge in [-0.25, -0.2) is 0 Å². The second-order valence-corrected chi connectivity index (χ2v) is 4.32. The summed E-state index contributed by atoms with van der Waals surface area (Å²) in [4.78, 5) is 11.6. The van der Waals surface area contributed by atoms with E-state index in [1.54, 1.807) is 7.11 Å². The molecule has 0 atom stereocenters. The van der Waals surface area contributed by atoms with Crippen molar-refractivity contribution in [2.24, 2.45) is 0 Å². The lowest BCUT2D eigenvalue weighted by Crippen LogP contribution is -2.26. The molecule has 0 saturated carbocycles. The molecule has 1 aromatic heterocycles. The first-order chi connectivity index (χ1) is 6.75. The van der Waals surface area contributed by atoms with Crippen LogP contribution in [-0.4, -0.2) is 32.6 Å². The SMILES string of the molecule is COCCNCC(=O)c1cscc1Br. The molecule has 78 valence electrons. The van der Waals surface area contributed by atoms with Crippen LogP contribution in [-0.2, 0) is 4.74 Å². The number of carbonyl (C=O) groups is 1. The number of Topliss-reactive ketones (excluding diaryl/α,β-unsaturated/α-hetero) is 1. The fraction of sp³-hybridized carbons (Fsp3) is 0.444. The molecule has 0 radical (unpaired) electrons. The smallest absolute Gasteiger partial charge is 0.178 e. The molecule has 1 heterocycles. The summed E-state index contributed by atoms with van der Waals surface area (Å²) in [5.41, 5.74) is 0.750. The van der Waals surface area contributed by atoms with E-state index < -0.39 is 0 Å². The van der Waals surface area contributed by atoms with E-state index in [0.29, 0.717) is 19.7 Å². The number of methoxy groups -OCH3 is 1. The van der Waals surface area contributed by atoms with E-state index in [2.05, 4.69) is 21.2 Å². The summed E-state index contributed by atoms with van der Waals surface area (Å²) in [6.45, 7) is 1.68. The molecule has 1 rings (SSSR count). The Kier molecular flexibility index (Phi) is 5.32. The highest BCUT2D eigenvalue weighted by Crippen LogP contribution is 2.21. The highest BCUT2D eigenvalue weighted by atomic mass is 79.9. The summed E-state index contributed by atoms with van der Waals surface area (Å²) in [7, 11) is 1.64. The zero-order chi connectivity index (χ0) is 10.4. The average molecular weight is 278 g/mol. The van der Waals surface area contributed by atoms with Crippen LogP contribution in [0.4, 0.5) is 0 Å². The van der Waals surface area contributed by atoms with Crippen LogP contribution in [0.1, 0.15) is 10.4 Å². The minimum Gasteiger partial charge on any atom is -0.383 e. The van der Waals surface area contributed by atoms with Crippen molar-refractivity contribution < 1.29 is 9.53 Å². The Morgan fingerprint density at radius 2 is 2.43 bits per heavy atom. The summed E-state index contributed by atoms with van der Waals surface area (Å²) in [6, 6.07) is 0. The maximum Gasteiger partial charge on any atom is 0.178 e. The van der Waals surface area contributed by atoms with Crippen LogP contribution in [0.5, 0.6) is 0 Å². The van der Waals surface area contributed by atoms with Gasteiger partial charge in [-0.15, -0.1) is 0 Å². The summed E-state index contributed by atoms with van der Waals surface area (Å²) >= 11 is 4.84. The number of ether oxygens (including phenoxy) is 1. The molecule has 0 fully saturated rings. The van der Waals surface area contributed by atoms with Crippen LogP contribution in [0.25, 0.3) is 0 Å². The highest BCUT2D eigenvalue weighted by molar-refractivity contribution is 9.10. The minimum absolute atomic E-state index is 0.106. The van der Waals surface area contributed by atoms with Crippen molar-refractivity contribution >= 4 is 33.0 Å². The van der Waals surface area contributed by atoms with Crippen molar-refractivity contribution in [3.8, 4) is 0 Å². The van der Waals surface area contributed by atoms with Gasteiger partial charge in [-0.3, -0.25) is 4.79 Å². The molecule has 1 aromatic rings. The number of thiophene rings is 1. The molecule has 0 saturated heterocycles. The van der Waals surface area contributed by atoms with Gasteiger partial charge in [-0.2, -0.15) is 11.3 Å². The Morgan fingerprint density at radius 1 is 1.64 bits per heavy atom. The van der Waals surface area contributed by atoms with Gasteiger partial charge < -0.3 is 10.1 Å². The number of nitrogens with one attached hydrogen (secondary N) is 1. The summed E-state index contributed by atoms with van der Waals surface area (Å²) in [6.07, 6.45) is 0. The Bertz CT molecular complexity index is 301. The molecule has 0 aliphatic heterocycles. The van der Waals surface area contributed by atoms with Gasteiger partial charge in [-0.05, 0) is 15.9 Å². The van der Waals surface area contributed by atoms with E-state index in [-0.39, 0.29) is 5.78 Å². The van der Waals surface area contributed by atoms with E-state index in [9.17, 15) is 4.79 Å². The molecule has 0 bridgehead atoms. The van der Waals surface area contributed by atoms with Crippen LogP contribution >= 0.6 is 27.3 Å². The van der Waals surface area contributed by atoms with Crippen LogP contribution in [0.2, 0.25) is 0 Å². The molecule has 0 amide bonds. The van der Waals surface area contributed by atoms with Crippen molar-refractivity contribution in [2.75, 3.05) is 26.8 Å². The fourth-order valence-corrected chi connectivity index (χ4v) is 2.47. The predicted molar refractivity (Wildman–Crippen MR) is 61.1 cm³/mol. The van der Waals surface area contributed by atoms with Crippen molar-refractivity contribution in [1.29, 1.82) is 0 Å². The third-order valence-corrected chi connectivity index (χ3v) is 3.39. The molecule has 0 aliphatic carbocycles. The van der Waals surface area contributed by atoms with E-state index in [1.807, 2.05) is 10.8 Å². The van der Waals surface area contributed by atoms with Crippen LogP contribution < -0.4 is 5.32 Å².